The number of carbonyl (C=O) groups excluding carboxylic acids is 2. The van der Waals surface area contributed by atoms with Gasteiger partial charge in [0, 0.05) is 45.5 Å². The van der Waals surface area contributed by atoms with Crippen molar-refractivity contribution in [3.63, 3.8) is 0 Å². The van der Waals surface area contributed by atoms with Crippen molar-refractivity contribution in [2.45, 2.75) is 0 Å². The largest absolute Gasteiger partial charge is 0.480 e. The topological polar surface area (TPSA) is 84.0 Å². The summed E-state index contributed by atoms with van der Waals surface area (Å²) in [5.74, 6) is 0.111. The van der Waals surface area contributed by atoms with Gasteiger partial charge in [-0.25, -0.2) is 9.78 Å². The predicted molar refractivity (Wildman–Crippen MR) is 83.5 cm³/mol. The molecule has 8 heteroatoms. The first-order chi connectivity index (χ1) is 11.2. The Bertz CT molecular complexity index is 544. The number of carbonyl (C=O) groups is 2. The molecule has 1 saturated heterocycles. The van der Waals surface area contributed by atoms with Crippen LogP contribution in [-0.4, -0.2) is 80.3 Å². The number of nitrogens with one attached hydrogen (secondary N) is 1. The highest BCUT2D eigenvalue weighted by molar-refractivity contribution is 5.96. The second-order valence-electron chi connectivity index (χ2n) is 5.11. The Balaban J connectivity index is 1.73. The Morgan fingerprint density at radius 2 is 2.00 bits per heavy atom. The first-order valence-corrected chi connectivity index (χ1v) is 7.48. The quantitative estimate of drug-likeness (QED) is 0.834. The van der Waals surface area contributed by atoms with Crippen molar-refractivity contribution in [3.05, 3.63) is 23.9 Å². The van der Waals surface area contributed by atoms with E-state index in [2.05, 4.69) is 15.2 Å². The Hall–Kier alpha value is -2.35. The molecule has 1 aromatic rings. The fourth-order valence-corrected chi connectivity index (χ4v) is 2.43. The van der Waals surface area contributed by atoms with Gasteiger partial charge < -0.3 is 19.7 Å². The molecule has 0 radical (unpaired) electrons. The SMILES string of the molecule is COC(=O)N1CCN(CCNC(=O)c2cccnc2OC)CC1. The van der Waals surface area contributed by atoms with E-state index < -0.39 is 0 Å². The average molecular weight is 322 g/mol. The summed E-state index contributed by atoms with van der Waals surface area (Å²) < 4.78 is 9.78. The van der Waals surface area contributed by atoms with Gasteiger partial charge >= 0.3 is 6.09 Å². The predicted octanol–water partition coefficient (Wildman–Crippen LogP) is 0.204. The molecule has 0 spiro atoms. The van der Waals surface area contributed by atoms with E-state index in [1.54, 1.807) is 23.2 Å². The second-order valence-corrected chi connectivity index (χ2v) is 5.11. The number of piperazine rings is 1. The first kappa shape index (κ1) is 17.0. The third-order valence-corrected chi connectivity index (χ3v) is 3.73. The van der Waals surface area contributed by atoms with Crippen molar-refractivity contribution < 1.29 is 19.1 Å². The van der Waals surface area contributed by atoms with Crippen LogP contribution < -0.4 is 10.1 Å². The van der Waals surface area contributed by atoms with Crippen LogP contribution >= 0.6 is 0 Å². The van der Waals surface area contributed by atoms with Gasteiger partial charge in [0.2, 0.25) is 5.88 Å². The third kappa shape index (κ3) is 4.56. The van der Waals surface area contributed by atoms with E-state index in [4.69, 9.17) is 9.47 Å². The molecule has 0 bridgehead atoms. The van der Waals surface area contributed by atoms with Crippen molar-refractivity contribution >= 4 is 12.0 Å². The van der Waals surface area contributed by atoms with Crippen molar-refractivity contribution in [1.82, 2.24) is 20.1 Å². The minimum atomic E-state index is -0.290. The van der Waals surface area contributed by atoms with E-state index in [0.717, 1.165) is 19.6 Å². The molecule has 0 saturated carbocycles. The van der Waals surface area contributed by atoms with E-state index in [9.17, 15) is 9.59 Å². The summed E-state index contributed by atoms with van der Waals surface area (Å²) in [6.07, 6.45) is 1.29. The molecule has 8 nitrogen and oxygen atoms in total. The molecular weight excluding hydrogens is 300 g/mol. The Morgan fingerprint density at radius 3 is 2.65 bits per heavy atom. The normalized spacial score (nSPS) is 15.1. The number of aromatic nitrogens is 1. The monoisotopic (exact) mass is 322 g/mol. The standard InChI is InChI=1S/C15H22N4O4/c1-22-14-12(4-3-5-17-14)13(20)16-6-7-18-8-10-19(11-9-18)15(21)23-2/h3-5H,6-11H2,1-2H3,(H,16,20). The number of hydrogen-bond donors (Lipinski definition) is 1. The summed E-state index contributed by atoms with van der Waals surface area (Å²) in [4.78, 5) is 31.4. The van der Waals surface area contributed by atoms with Crippen LogP contribution in [0.2, 0.25) is 0 Å². The van der Waals surface area contributed by atoms with Crippen LogP contribution in [0.15, 0.2) is 18.3 Å². The molecule has 1 aromatic heterocycles. The first-order valence-electron chi connectivity index (χ1n) is 7.48. The van der Waals surface area contributed by atoms with Crippen LogP contribution in [0.25, 0.3) is 0 Å². The molecular formula is C15H22N4O4. The van der Waals surface area contributed by atoms with E-state index in [1.165, 1.54) is 14.2 Å². The molecule has 23 heavy (non-hydrogen) atoms. The zero-order valence-electron chi connectivity index (χ0n) is 13.4. The Morgan fingerprint density at radius 1 is 1.26 bits per heavy atom. The van der Waals surface area contributed by atoms with E-state index in [-0.39, 0.29) is 12.0 Å². The van der Waals surface area contributed by atoms with Crippen molar-refractivity contribution in [2.75, 3.05) is 53.5 Å². The van der Waals surface area contributed by atoms with Gasteiger partial charge in [0.1, 0.15) is 5.56 Å². The lowest BCUT2D eigenvalue weighted by atomic mass is 10.2. The highest BCUT2D eigenvalue weighted by Gasteiger charge is 2.21. The van der Waals surface area contributed by atoms with Gasteiger partial charge in [-0.2, -0.15) is 0 Å². The minimum Gasteiger partial charge on any atom is -0.480 e. The van der Waals surface area contributed by atoms with Crippen LogP contribution in [0.5, 0.6) is 5.88 Å². The summed E-state index contributed by atoms with van der Waals surface area (Å²) in [7, 11) is 2.87. The fraction of sp³-hybridized carbons (Fsp3) is 0.533. The molecule has 126 valence electrons. The number of amides is 2. The molecule has 2 amide bonds. The molecule has 0 aromatic carbocycles. The van der Waals surface area contributed by atoms with E-state index in [0.29, 0.717) is 31.1 Å². The van der Waals surface area contributed by atoms with Gasteiger partial charge in [-0.1, -0.05) is 0 Å². The van der Waals surface area contributed by atoms with Crippen molar-refractivity contribution in [1.29, 1.82) is 0 Å². The zero-order valence-corrected chi connectivity index (χ0v) is 13.4. The molecule has 1 fully saturated rings. The number of pyridine rings is 1. The van der Waals surface area contributed by atoms with Gasteiger partial charge in [-0.05, 0) is 12.1 Å². The zero-order chi connectivity index (χ0) is 16.7. The van der Waals surface area contributed by atoms with E-state index in [1.807, 2.05) is 0 Å². The number of rotatable bonds is 5. The maximum absolute atomic E-state index is 12.1. The molecule has 2 rings (SSSR count). The summed E-state index contributed by atoms with van der Waals surface area (Å²) in [6.45, 7) is 4.05. The summed E-state index contributed by atoms with van der Waals surface area (Å²) >= 11 is 0. The van der Waals surface area contributed by atoms with Gasteiger partial charge in [-0.3, -0.25) is 9.69 Å². The van der Waals surface area contributed by atoms with Crippen LogP contribution in [0.1, 0.15) is 10.4 Å². The van der Waals surface area contributed by atoms with Crippen molar-refractivity contribution in [2.24, 2.45) is 0 Å². The smallest absolute Gasteiger partial charge is 0.409 e. The summed E-state index contributed by atoms with van der Waals surface area (Å²) in [6, 6.07) is 3.37. The van der Waals surface area contributed by atoms with Crippen LogP contribution in [0, 0.1) is 0 Å². The highest BCUT2D eigenvalue weighted by Crippen LogP contribution is 2.12. The fourth-order valence-electron chi connectivity index (χ4n) is 2.43. The lowest BCUT2D eigenvalue weighted by Gasteiger charge is -2.33. The molecule has 2 heterocycles. The Labute approximate surface area is 135 Å². The molecule has 1 aliphatic heterocycles. The molecule has 1 N–H and O–H groups in total. The molecule has 0 aliphatic carbocycles. The Kier molecular flexibility index (Phi) is 6.16. The number of methoxy groups -OCH3 is 2. The third-order valence-electron chi connectivity index (χ3n) is 3.73. The lowest BCUT2D eigenvalue weighted by Crippen LogP contribution is -2.50. The summed E-state index contributed by atoms with van der Waals surface area (Å²) in [5.41, 5.74) is 0.422. The molecule has 1 aliphatic rings. The number of nitrogens with zero attached hydrogens (tertiary/aromatic N) is 3. The maximum Gasteiger partial charge on any atom is 0.409 e. The van der Waals surface area contributed by atoms with Gasteiger partial charge in [-0.15, -0.1) is 0 Å². The van der Waals surface area contributed by atoms with Gasteiger partial charge in [0.05, 0.1) is 14.2 Å². The molecule has 0 unspecified atom stereocenters. The van der Waals surface area contributed by atoms with Crippen LogP contribution in [0.4, 0.5) is 4.79 Å². The van der Waals surface area contributed by atoms with Gasteiger partial charge in [0.25, 0.3) is 5.91 Å². The van der Waals surface area contributed by atoms with Gasteiger partial charge in [0.15, 0.2) is 0 Å². The highest BCUT2D eigenvalue weighted by atomic mass is 16.5. The van der Waals surface area contributed by atoms with Crippen molar-refractivity contribution in [3.8, 4) is 5.88 Å². The maximum atomic E-state index is 12.1. The lowest BCUT2D eigenvalue weighted by molar-refractivity contribution is 0.0883. The minimum absolute atomic E-state index is 0.205. The van der Waals surface area contributed by atoms with E-state index >= 15 is 0 Å². The summed E-state index contributed by atoms with van der Waals surface area (Å²) in [5, 5.41) is 2.86. The number of hydrogen-bond acceptors (Lipinski definition) is 6. The van der Waals surface area contributed by atoms with Crippen LogP contribution in [0.3, 0.4) is 0 Å². The molecule has 0 atom stereocenters. The average Bonchev–Trinajstić information content (AvgIpc) is 2.61. The second kappa shape index (κ2) is 8.33. The number of ether oxygens (including phenoxy) is 2. The van der Waals surface area contributed by atoms with Crippen LogP contribution in [-0.2, 0) is 4.74 Å².